The van der Waals surface area contributed by atoms with Gasteiger partial charge in [0.2, 0.25) is 0 Å². The van der Waals surface area contributed by atoms with Crippen LogP contribution in [0.2, 0.25) is 0 Å². The van der Waals surface area contributed by atoms with Crippen LogP contribution in [0.3, 0.4) is 0 Å². The van der Waals surface area contributed by atoms with Gasteiger partial charge in [0.1, 0.15) is 12.0 Å². The van der Waals surface area contributed by atoms with E-state index in [9.17, 15) is 18.0 Å². The molecule has 0 N–H and O–H groups in total. The van der Waals surface area contributed by atoms with Crippen molar-refractivity contribution in [2.24, 2.45) is 0 Å². The van der Waals surface area contributed by atoms with E-state index in [0.717, 1.165) is 12.1 Å². The minimum Gasteiger partial charge on any atom is -0.406 e. The van der Waals surface area contributed by atoms with Crippen molar-refractivity contribution in [3.05, 3.63) is 29.3 Å². The lowest BCUT2D eigenvalue weighted by Gasteiger charge is -2.09. The van der Waals surface area contributed by atoms with Crippen molar-refractivity contribution < 1.29 is 22.7 Å². The van der Waals surface area contributed by atoms with Gasteiger partial charge in [0.05, 0.1) is 0 Å². The molecule has 6 heteroatoms. The second-order valence-corrected chi connectivity index (χ2v) is 2.82. The molecule has 0 heterocycles. The molecule has 1 aromatic carbocycles. The van der Waals surface area contributed by atoms with E-state index >= 15 is 0 Å². The van der Waals surface area contributed by atoms with Crippen molar-refractivity contribution in [1.29, 1.82) is 5.26 Å². The van der Waals surface area contributed by atoms with Crippen LogP contribution in [0.4, 0.5) is 13.2 Å². The highest BCUT2D eigenvalue weighted by atomic mass is 19.4. The zero-order valence-corrected chi connectivity index (χ0v) is 8.21. The summed E-state index contributed by atoms with van der Waals surface area (Å²) in [5, 5.41) is 8.21. The fourth-order valence-electron chi connectivity index (χ4n) is 1.05. The van der Waals surface area contributed by atoms with Crippen LogP contribution in [0.15, 0.2) is 18.2 Å². The number of alkyl halides is 3. The molecule has 0 atom stereocenters. The molecule has 3 nitrogen and oxygen atoms in total. The maximum absolute atomic E-state index is 12.0. The molecule has 0 fully saturated rings. The minimum atomic E-state index is -4.85. The van der Waals surface area contributed by atoms with Gasteiger partial charge in [-0.05, 0) is 18.2 Å². The van der Waals surface area contributed by atoms with Crippen LogP contribution < -0.4 is 4.74 Å². The van der Waals surface area contributed by atoms with E-state index in [0.29, 0.717) is 6.29 Å². The summed E-state index contributed by atoms with van der Waals surface area (Å²) in [6.45, 7) is 0. The Balaban J connectivity index is 3.15. The second kappa shape index (κ2) is 5.04. The maximum atomic E-state index is 12.0. The van der Waals surface area contributed by atoms with Crippen molar-refractivity contribution in [3.63, 3.8) is 0 Å². The molecule has 0 radical (unpaired) electrons. The van der Waals surface area contributed by atoms with E-state index in [1.165, 1.54) is 12.1 Å². The number of hydrogen-bond acceptors (Lipinski definition) is 3. The van der Waals surface area contributed by atoms with Crippen LogP contribution in [0.25, 0.3) is 0 Å². The number of nitriles is 1. The van der Waals surface area contributed by atoms with Crippen LogP contribution in [0.5, 0.6) is 5.75 Å². The van der Waals surface area contributed by atoms with Gasteiger partial charge in [-0.25, -0.2) is 0 Å². The van der Waals surface area contributed by atoms with E-state index in [1.54, 1.807) is 0 Å². The van der Waals surface area contributed by atoms with E-state index in [2.05, 4.69) is 10.7 Å². The Bertz CT molecular complexity index is 532. The van der Waals surface area contributed by atoms with E-state index in [-0.39, 0.29) is 11.1 Å². The molecule has 0 aliphatic rings. The van der Waals surface area contributed by atoms with E-state index in [1.807, 2.05) is 5.92 Å². The molecule has 0 saturated heterocycles. The number of hydrogen-bond donors (Lipinski definition) is 0. The third-order valence-corrected chi connectivity index (χ3v) is 1.56. The third kappa shape index (κ3) is 4.27. The molecule has 0 aliphatic heterocycles. The van der Waals surface area contributed by atoms with Crippen LogP contribution in [-0.4, -0.2) is 12.6 Å². The van der Waals surface area contributed by atoms with Crippen LogP contribution in [0.1, 0.15) is 15.9 Å². The summed E-state index contributed by atoms with van der Waals surface area (Å²) in [6.07, 6.45) is -4.48. The molecule has 0 spiro atoms. The molecule has 0 aromatic heterocycles. The Labute approximate surface area is 94.4 Å². The molecular weight excluding hydrogens is 235 g/mol. The molecule has 0 saturated carbocycles. The predicted octanol–water partition coefficient (Wildman–Crippen LogP) is 2.27. The highest BCUT2D eigenvalue weighted by molar-refractivity contribution is 5.76. The van der Waals surface area contributed by atoms with Gasteiger partial charge in [-0.2, -0.15) is 5.26 Å². The average Bonchev–Trinajstić information content (AvgIpc) is 2.23. The summed E-state index contributed by atoms with van der Waals surface area (Å²) < 4.78 is 39.5. The summed E-state index contributed by atoms with van der Waals surface area (Å²) in [5.74, 6) is 3.74. The van der Waals surface area contributed by atoms with Gasteiger partial charge in [0.25, 0.3) is 0 Å². The van der Waals surface area contributed by atoms with Crippen molar-refractivity contribution in [3.8, 4) is 23.7 Å². The first-order chi connectivity index (χ1) is 7.94. The van der Waals surface area contributed by atoms with Crippen LogP contribution in [-0.2, 0) is 0 Å². The minimum absolute atomic E-state index is 0.0195. The average molecular weight is 239 g/mol. The first kappa shape index (κ1) is 12.6. The zero-order valence-electron chi connectivity index (χ0n) is 8.21. The van der Waals surface area contributed by atoms with Gasteiger partial charge in [-0.15, -0.1) is 13.2 Å². The first-order valence-electron chi connectivity index (χ1n) is 4.21. The van der Waals surface area contributed by atoms with Gasteiger partial charge in [0.15, 0.2) is 6.07 Å². The van der Waals surface area contributed by atoms with E-state index < -0.39 is 12.1 Å². The smallest absolute Gasteiger partial charge is 0.406 e. The van der Waals surface area contributed by atoms with Gasteiger partial charge >= 0.3 is 6.36 Å². The summed E-state index contributed by atoms with van der Waals surface area (Å²) in [4.78, 5) is 10.5. The van der Waals surface area contributed by atoms with Gasteiger partial charge in [0, 0.05) is 17.0 Å². The molecule has 86 valence electrons. The fourth-order valence-corrected chi connectivity index (χ4v) is 1.05. The first-order valence-corrected chi connectivity index (χ1v) is 4.21. The normalized spacial score (nSPS) is 9.76. The quantitative estimate of drug-likeness (QED) is 0.587. The molecule has 0 unspecified atom stereocenters. The number of halogens is 3. The second-order valence-electron chi connectivity index (χ2n) is 2.82. The lowest BCUT2D eigenvalue weighted by Crippen LogP contribution is -2.17. The standard InChI is InChI=1S/C11H4F3NO2/c12-11(13,14)17-10-5-8(2-1-3-15)4-9(6-10)7-16/h4-7H. The lowest BCUT2D eigenvalue weighted by atomic mass is 10.1. The number of aldehydes is 1. The monoisotopic (exact) mass is 239 g/mol. The van der Waals surface area contributed by atoms with E-state index in [4.69, 9.17) is 5.26 Å². The number of benzene rings is 1. The third-order valence-electron chi connectivity index (χ3n) is 1.56. The Kier molecular flexibility index (Phi) is 3.74. The maximum Gasteiger partial charge on any atom is 0.573 e. The Morgan fingerprint density at radius 3 is 2.53 bits per heavy atom. The van der Waals surface area contributed by atoms with Gasteiger partial charge < -0.3 is 4.74 Å². The topological polar surface area (TPSA) is 50.1 Å². The highest BCUT2D eigenvalue weighted by Gasteiger charge is 2.31. The summed E-state index contributed by atoms with van der Waals surface area (Å²) in [6, 6.07) is 4.68. The van der Waals surface area contributed by atoms with Crippen molar-refractivity contribution in [1.82, 2.24) is 0 Å². The highest BCUT2D eigenvalue weighted by Crippen LogP contribution is 2.24. The number of carbonyl (C=O) groups excluding carboxylic acids is 1. The Morgan fingerprint density at radius 1 is 1.29 bits per heavy atom. The Morgan fingerprint density at radius 2 is 2.00 bits per heavy atom. The predicted molar refractivity (Wildman–Crippen MR) is 51.0 cm³/mol. The molecule has 1 aromatic rings. The summed E-state index contributed by atoms with van der Waals surface area (Å²) >= 11 is 0. The van der Waals surface area contributed by atoms with Crippen LogP contribution >= 0.6 is 0 Å². The fraction of sp³-hybridized carbons (Fsp3) is 0.0909. The van der Waals surface area contributed by atoms with Gasteiger partial charge in [-0.3, -0.25) is 4.79 Å². The Hall–Kier alpha value is -2.47. The number of ether oxygens (including phenoxy) is 1. The zero-order chi connectivity index (χ0) is 12.9. The molecule has 1 rings (SSSR count). The van der Waals surface area contributed by atoms with Gasteiger partial charge in [-0.1, -0.05) is 5.92 Å². The molecule has 0 aliphatic carbocycles. The van der Waals surface area contributed by atoms with Crippen molar-refractivity contribution >= 4 is 6.29 Å². The summed E-state index contributed by atoms with van der Waals surface area (Å²) in [5.41, 5.74) is 0.0735. The molecular formula is C11H4F3NO2. The molecule has 0 amide bonds. The molecule has 0 bridgehead atoms. The molecule has 17 heavy (non-hydrogen) atoms. The number of carbonyl (C=O) groups is 1. The van der Waals surface area contributed by atoms with Crippen molar-refractivity contribution in [2.45, 2.75) is 6.36 Å². The number of nitrogens with zero attached hydrogens (tertiary/aromatic N) is 1. The summed E-state index contributed by atoms with van der Waals surface area (Å²) in [7, 11) is 0. The SMILES string of the molecule is N#CC#Cc1cc(C=O)cc(OC(F)(F)F)c1. The van der Waals surface area contributed by atoms with Crippen LogP contribution in [0, 0.1) is 23.2 Å². The lowest BCUT2D eigenvalue weighted by molar-refractivity contribution is -0.274. The van der Waals surface area contributed by atoms with Crippen molar-refractivity contribution in [2.75, 3.05) is 0 Å². The number of rotatable bonds is 2. The largest absolute Gasteiger partial charge is 0.573 e.